The molecule has 3 rings (SSSR count). The van der Waals surface area contributed by atoms with Gasteiger partial charge < -0.3 is 4.74 Å². The van der Waals surface area contributed by atoms with E-state index in [-0.39, 0.29) is 11.5 Å². The lowest BCUT2D eigenvalue weighted by Gasteiger charge is -2.09. The van der Waals surface area contributed by atoms with Crippen molar-refractivity contribution in [3.05, 3.63) is 65.2 Å². The first-order valence-corrected chi connectivity index (χ1v) is 9.93. The minimum Gasteiger partial charge on any atom is -0.380 e. The van der Waals surface area contributed by atoms with Crippen LogP contribution in [0, 0.1) is 16.7 Å². The second-order valence-corrected chi connectivity index (χ2v) is 8.60. The number of sulfone groups is 1. The van der Waals surface area contributed by atoms with Gasteiger partial charge in [0.15, 0.2) is 9.84 Å². The average molecular weight is 376 g/mol. The van der Waals surface area contributed by atoms with E-state index in [0.29, 0.717) is 11.6 Å². The Morgan fingerprint density at radius 1 is 1.16 bits per heavy atom. The summed E-state index contributed by atoms with van der Waals surface area (Å²) in [6.45, 7) is 2.35. The maximum atomic E-state index is 13.2. The largest absolute Gasteiger partial charge is 0.380 e. The molecule has 0 N–H and O–H groups in total. The molecule has 0 radical (unpaired) electrons. The third-order valence-electron chi connectivity index (χ3n) is 4.64. The van der Waals surface area contributed by atoms with E-state index >= 15 is 0 Å². The van der Waals surface area contributed by atoms with E-state index in [0.717, 1.165) is 5.56 Å². The van der Waals surface area contributed by atoms with Gasteiger partial charge in [-0.15, -0.1) is 0 Å². The number of hydrogen-bond acceptors (Lipinski definition) is 4. The van der Waals surface area contributed by atoms with Crippen LogP contribution in [0.4, 0.5) is 0 Å². The Bertz CT molecular complexity index is 891. The Balaban J connectivity index is 2.05. The van der Waals surface area contributed by atoms with Crippen LogP contribution >= 0.6 is 11.6 Å². The van der Waals surface area contributed by atoms with Gasteiger partial charge in [0.25, 0.3) is 0 Å². The molecular weight excluding hydrogens is 358 g/mol. The van der Waals surface area contributed by atoms with Gasteiger partial charge in [-0.2, -0.15) is 5.26 Å². The van der Waals surface area contributed by atoms with Crippen LogP contribution in [0.15, 0.2) is 59.5 Å². The van der Waals surface area contributed by atoms with E-state index in [9.17, 15) is 13.7 Å². The number of nitriles is 1. The first kappa shape index (κ1) is 17.9. The number of halogens is 1. The highest BCUT2D eigenvalue weighted by Gasteiger charge is 2.72. The standard InChI is InChI=1S/C19H18ClNO3S/c1-2-24-13-19(12-21)17(14-6-4-3-5-7-14)18(19)25(22,23)16-10-8-15(20)9-11-16/h3-11,17-18H,2,13H2,1H3/t17-,18-,19+/m0/s1. The fourth-order valence-electron chi connectivity index (χ4n) is 3.37. The van der Waals surface area contributed by atoms with Crippen LogP contribution in [0.2, 0.25) is 5.02 Å². The Morgan fingerprint density at radius 2 is 1.80 bits per heavy atom. The predicted octanol–water partition coefficient (Wildman–Crippen LogP) is 3.83. The lowest BCUT2D eigenvalue weighted by Crippen LogP contribution is -2.19. The lowest BCUT2D eigenvalue weighted by molar-refractivity contribution is 0.117. The highest BCUT2D eigenvalue weighted by atomic mass is 35.5. The molecule has 0 heterocycles. The zero-order valence-corrected chi connectivity index (χ0v) is 15.3. The monoisotopic (exact) mass is 375 g/mol. The smallest absolute Gasteiger partial charge is 0.183 e. The summed E-state index contributed by atoms with van der Waals surface area (Å²) >= 11 is 5.87. The van der Waals surface area contributed by atoms with Crippen LogP contribution in [0.5, 0.6) is 0 Å². The van der Waals surface area contributed by atoms with E-state index in [1.54, 1.807) is 12.1 Å². The maximum absolute atomic E-state index is 13.2. The van der Waals surface area contributed by atoms with Gasteiger partial charge in [-0.1, -0.05) is 41.9 Å². The predicted molar refractivity (Wildman–Crippen MR) is 96.1 cm³/mol. The van der Waals surface area contributed by atoms with Crippen molar-refractivity contribution in [2.75, 3.05) is 13.2 Å². The third kappa shape index (κ3) is 3.06. The van der Waals surface area contributed by atoms with Gasteiger partial charge >= 0.3 is 0 Å². The Kier molecular flexibility index (Phi) is 4.88. The van der Waals surface area contributed by atoms with Crippen molar-refractivity contribution in [1.29, 1.82) is 5.26 Å². The molecule has 0 aliphatic heterocycles. The second-order valence-electron chi connectivity index (χ2n) is 6.10. The first-order chi connectivity index (χ1) is 12.0. The molecule has 2 aromatic rings. The van der Waals surface area contributed by atoms with Gasteiger partial charge in [0.05, 0.1) is 22.8 Å². The summed E-state index contributed by atoms with van der Waals surface area (Å²) in [5.41, 5.74) is -0.234. The summed E-state index contributed by atoms with van der Waals surface area (Å²) in [6.07, 6.45) is 0. The molecule has 4 nitrogen and oxygen atoms in total. The van der Waals surface area contributed by atoms with Gasteiger partial charge in [-0.05, 0) is 36.8 Å². The van der Waals surface area contributed by atoms with Crippen molar-refractivity contribution < 1.29 is 13.2 Å². The molecule has 1 aliphatic rings. The zero-order valence-electron chi connectivity index (χ0n) is 13.7. The molecule has 0 saturated heterocycles. The number of ether oxygens (including phenoxy) is 1. The SMILES string of the molecule is CCOC[C@]1(C#N)[C@@H](c2ccccc2)[C@@H]1S(=O)(=O)c1ccc(Cl)cc1. The quantitative estimate of drug-likeness (QED) is 0.769. The summed E-state index contributed by atoms with van der Waals surface area (Å²) in [4.78, 5) is 0.177. The number of rotatable bonds is 6. The topological polar surface area (TPSA) is 67.2 Å². The minimum absolute atomic E-state index is 0.0943. The molecule has 25 heavy (non-hydrogen) atoms. The van der Waals surface area contributed by atoms with Crippen molar-refractivity contribution in [2.45, 2.75) is 23.0 Å². The number of benzene rings is 2. The summed E-state index contributed by atoms with van der Waals surface area (Å²) in [6, 6.07) is 17.6. The Labute approximate surface area is 152 Å². The van der Waals surface area contributed by atoms with Crippen molar-refractivity contribution in [3.63, 3.8) is 0 Å². The molecular formula is C19H18ClNO3S. The van der Waals surface area contributed by atoms with E-state index in [2.05, 4.69) is 6.07 Å². The number of nitrogens with zero attached hydrogens (tertiary/aromatic N) is 1. The molecule has 2 aromatic carbocycles. The first-order valence-electron chi connectivity index (χ1n) is 8.01. The molecule has 1 fully saturated rings. The van der Waals surface area contributed by atoms with E-state index in [4.69, 9.17) is 16.3 Å². The van der Waals surface area contributed by atoms with Crippen LogP contribution in [0.1, 0.15) is 18.4 Å². The van der Waals surface area contributed by atoms with Crippen molar-refractivity contribution in [3.8, 4) is 6.07 Å². The fourth-order valence-corrected chi connectivity index (χ4v) is 5.81. The van der Waals surface area contributed by atoms with Gasteiger partial charge in [-0.3, -0.25) is 0 Å². The highest BCUT2D eigenvalue weighted by molar-refractivity contribution is 7.92. The van der Waals surface area contributed by atoms with Crippen LogP contribution in [-0.2, 0) is 14.6 Å². The summed E-state index contributed by atoms with van der Waals surface area (Å²) in [5, 5.41) is 9.46. The van der Waals surface area contributed by atoms with Crippen LogP contribution in [0.3, 0.4) is 0 Å². The molecule has 3 atom stereocenters. The minimum atomic E-state index is -3.69. The molecule has 1 aliphatic carbocycles. The van der Waals surface area contributed by atoms with E-state index in [1.165, 1.54) is 12.1 Å². The van der Waals surface area contributed by atoms with Crippen molar-refractivity contribution in [2.24, 2.45) is 5.41 Å². The van der Waals surface area contributed by atoms with Gasteiger partial charge in [0.2, 0.25) is 0 Å². The normalized spacial score (nSPS) is 25.3. The summed E-state index contributed by atoms with van der Waals surface area (Å²) in [7, 11) is -3.69. The lowest BCUT2D eigenvalue weighted by atomic mass is 10.0. The number of hydrogen-bond donors (Lipinski definition) is 0. The highest BCUT2D eigenvalue weighted by Crippen LogP contribution is 2.63. The third-order valence-corrected chi connectivity index (χ3v) is 7.19. The molecule has 1 saturated carbocycles. The van der Waals surface area contributed by atoms with E-state index < -0.39 is 26.4 Å². The van der Waals surface area contributed by atoms with Crippen molar-refractivity contribution >= 4 is 21.4 Å². The Morgan fingerprint density at radius 3 is 2.36 bits per heavy atom. The Hall–Kier alpha value is -1.87. The van der Waals surface area contributed by atoms with Crippen LogP contribution < -0.4 is 0 Å². The summed E-state index contributed by atoms with van der Waals surface area (Å²) in [5.74, 6) is -0.411. The van der Waals surface area contributed by atoms with Gasteiger partial charge in [0, 0.05) is 17.5 Å². The molecule has 6 heteroatoms. The average Bonchev–Trinajstić information content (AvgIpc) is 3.31. The summed E-state index contributed by atoms with van der Waals surface area (Å²) < 4.78 is 31.8. The van der Waals surface area contributed by atoms with E-state index in [1.807, 2.05) is 37.3 Å². The molecule has 0 unspecified atom stereocenters. The molecule has 130 valence electrons. The molecule has 0 amide bonds. The zero-order chi connectivity index (χ0) is 18.1. The van der Waals surface area contributed by atoms with Crippen molar-refractivity contribution in [1.82, 2.24) is 0 Å². The fraction of sp³-hybridized carbons (Fsp3) is 0.316. The molecule has 0 spiro atoms. The maximum Gasteiger partial charge on any atom is 0.183 e. The van der Waals surface area contributed by atoms with Crippen LogP contribution in [0.25, 0.3) is 0 Å². The van der Waals surface area contributed by atoms with Crippen LogP contribution in [-0.4, -0.2) is 26.9 Å². The second kappa shape index (κ2) is 6.80. The molecule has 0 bridgehead atoms. The van der Waals surface area contributed by atoms with Gasteiger partial charge in [0.1, 0.15) is 5.41 Å². The van der Waals surface area contributed by atoms with Gasteiger partial charge in [-0.25, -0.2) is 8.42 Å². The molecule has 0 aromatic heterocycles.